The van der Waals surface area contributed by atoms with Crippen molar-refractivity contribution in [2.45, 2.75) is 52.1 Å². The minimum absolute atomic E-state index is 0.107. The number of rotatable bonds is 6. The Bertz CT molecular complexity index is 777. The van der Waals surface area contributed by atoms with Crippen molar-refractivity contribution in [3.8, 4) is 0 Å². The molecule has 0 fully saturated rings. The van der Waals surface area contributed by atoms with E-state index in [0.29, 0.717) is 12.1 Å². The molecule has 1 aromatic heterocycles. The number of alkyl halides is 3. The molecule has 0 aliphatic carbocycles. The molecule has 0 saturated carbocycles. The Labute approximate surface area is 175 Å². The summed E-state index contributed by atoms with van der Waals surface area (Å²) in [6.07, 6.45) is -3.22. The highest BCUT2D eigenvalue weighted by atomic mass is 19.4. The van der Waals surface area contributed by atoms with Gasteiger partial charge in [-0.2, -0.15) is 13.2 Å². The van der Waals surface area contributed by atoms with Crippen LogP contribution in [0.4, 0.5) is 18.0 Å². The molecule has 3 N–H and O–H groups in total. The van der Waals surface area contributed by atoms with Crippen LogP contribution in [-0.4, -0.2) is 58.5 Å². The number of amides is 2. The molecule has 14 heteroatoms. The highest BCUT2D eigenvalue weighted by Gasteiger charge is 2.29. The Balaban J connectivity index is 0.00000110. The van der Waals surface area contributed by atoms with Crippen molar-refractivity contribution in [1.29, 1.82) is 0 Å². The van der Waals surface area contributed by atoms with Gasteiger partial charge in [0.25, 0.3) is 5.91 Å². The molecular formula is C17H23F3N4O7. The third-order valence-electron chi connectivity index (χ3n) is 2.96. The van der Waals surface area contributed by atoms with E-state index < -0.39 is 35.9 Å². The van der Waals surface area contributed by atoms with Crippen molar-refractivity contribution >= 4 is 23.9 Å². The number of aromatic nitrogens is 2. The fraction of sp³-hybridized carbons (Fsp3) is 0.529. The van der Waals surface area contributed by atoms with Crippen LogP contribution in [0.15, 0.2) is 18.5 Å². The molecule has 1 heterocycles. The minimum atomic E-state index is -5.19. The first-order chi connectivity index (χ1) is 14.1. The maximum Gasteiger partial charge on any atom is 0.430 e. The highest BCUT2D eigenvalue weighted by molar-refractivity contribution is 5.93. The van der Waals surface area contributed by atoms with E-state index in [-0.39, 0.29) is 12.5 Å². The highest BCUT2D eigenvalue weighted by Crippen LogP contribution is 2.11. The van der Waals surface area contributed by atoms with Crippen molar-refractivity contribution in [2.75, 3.05) is 6.54 Å². The van der Waals surface area contributed by atoms with Crippen molar-refractivity contribution in [2.24, 2.45) is 0 Å². The first-order valence-electron chi connectivity index (χ1n) is 8.71. The molecule has 1 unspecified atom stereocenters. The molecule has 1 rings (SSSR count). The molecule has 174 valence electrons. The predicted molar refractivity (Wildman–Crippen MR) is 94.3 cm³/mol. The van der Waals surface area contributed by atoms with E-state index in [9.17, 15) is 32.7 Å². The van der Waals surface area contributed by atoms with Gasteiger partial charge in [0.1, 0.15) is 17.8 Å². The van der Waals surface area contributed by atoms with Gasteiger partial charge < -0.3 is 30.4 Å². The molecule has 1 aromatic rings. The van der Waals surface area contributed by atoms with Crippen molar-refractivity contribution in [1.82, 2.24) is 15.7 Å². The first-order valence-corrected chi connectivity index (χ1v) is 8.71. The Morgan fingerprint density at radius 1 is 1.26 bits per heavy atom. The number of nitrogens with zero attached hydrogens (tertiary/aromatic N) is 2. The number of nitrogens with one attached hydrogen (secondary N) is 2. The largest absolute Gasteiger partial charge is 0.542 e. The topological polar surface area (TPSA) is 162 Å². The average Bonchev–Trinajstić information content (AvgIpc) is 2.60. The maximum atomic E-state index is 11.7. The van der Waals surface area contributed by atoms with Crippen LogP contribution in [0.5, 0.6) is 0 Å². The number of aliphatic carboxylic acids is 2. The van der Waals surface area contributed by atoms with Crippen LogP contribution in [0, 0.1) is 0 Å². The number of hydrogen-bond acceptors (Lipinski definition) is 7. The summed E-state index contributed by atoms with van der Waals surface area (Å²) in [6, 6.07) is 0.303. The predicted octanol–water partition coefficient (Wildman–Crippen LogP) is -0.605. The van der Waals surface area contributed by atoms with Crippen molar-refractivity contribution < 1.29 is 52.0 Å². The standard InChI is InChI=1S/C15H22N4O5.C2HF3O2/c1-5-16-12(20)10-6-7-19(17-8-10)9-11(13(21)22)18-14(23)24-15(2,3)4;3-2(4,5)1(6)7/h6-8,11H,5,9H2,1-4H3,(H2-,16,18,20,21,22,23);(H,6,7). The third kappa shape index (κ3) is 12.0. The number of carboxylic acids is 2. The van der Waals surface area contributed by atoms with E-state index in [1.54, 1.807) is 27.7 Å². The molecule has 0 radical (unpaired) electrons. The first kappa shape index (κ1) is 27.5. The van der Waals surface area contributed by atoms with Gasteiger partial charge >= 0.3 is 18.2 Å². The molecule has 0 aliphatic heterocycles. The summed E-state index contributed by atoms with van der Waals surface area (Å²) in [6.45, 7) is 7.23. The summed E-state index contributed by atoms with van der Waals surface area (Å²) in [5, 5.41) is 26.9. The number of carbonyl (C=O) groups excluding carboxylic acids is 3. The quantitative estimate of drug-likeness (QED) is 0.482. The molecule has 0 aromatic carbocycles. The van der Waals surface area contributed by atoms with Crippen LogP contribution in [0.1, 0.15) is 38.1 Å². The Morgan fingerprint density at radius 3 is 2.16 bits per heavy atom. The summed E-state index contributed by atoms with van der Waals surface area (Å²) in [4.78, 5) is 43.4. The fourth-order valence-electron chi connectivity index (χ4n) is 1.71. The molecule has 11 nitrogen and oxygen atoms in total. The normalized spacial score (nSPS) is 12.0. The second kappa shape index (κ2) is 11.7. The van der Waals surface area contributed by atoms with Gasteiger partial charge in [0, 0.05) is 12.6 Å². The number of hydrogen-bond donors (Lipinski definition) is 3. The lowest BCUT2D eigenvalue weighted by molar-refractivity contribution is -0.754. The van der Waals surface area contributed by atoms with E-state index >= 15 is 0 Å². The Morgan fingerprint density at radius 2 is 1.81 bits per heavy atom. The Kier molecular flexibility index (Phi) is 10.4. The lowest BCUT2D eigenvalue weighted by atomic mass is 10.2. The zero-order chi connectivity index (χ0) is 24.4. The smallest absolute Gasteiger partial charge is 0.430 e. The lowest BCUT2D eigenvalue weighted by Gasteiger charge is -2.20. The SMILES string of the molecule is CCNC(=O)c1cc[n+](CC(NC(=O)OC(C)(C)C)C(=O)O)nc1.O=C([O-])C(F)(F)F. The van der Waals surface area contributed by atoms with E-state index in [2.05, 4.69) is 15.7 Å². The third-order valence-corrected chi connectivity index (χ3v) is 2.96. The molecule has 0 aliphatic rings. The fourth-order valence-corrected chi connectivity index (χ4v) is 1.71. The van der Waals surface area contributed by atoms with Crippen LogP contribution in [0.2, 0.25) is 0 Å². The second-order valence-corrected chi connectivity index (χ2v) is 6.82. The van der Waals surface area contributed by atoms with Crippen LogP contribution < -0.4 is 20.4 Å². The summed E-state index contributed by atoms with van der Waals surface area (Å²) >= 11 is 0. The summed E-state index contributed by atoms with van der Waals surface area (Å²) in [5.74, 6) is -4.49. The molecule has 0 bridgehead atoms. The van der Waals surface area contributed by atoms with E-state index in [1.807, 2.05) is 0 Å². The molecule has 31 heavy (non-hydrogen) atoms. The van der Waals surface area contributed by atoms with Gasteiger partial charge in [-0.1, -0.05) is 4.68 Å². The van der Waals surface area contributed by atoms with E-state index in [4.69, 9.17) is 14.6 Å². The van der Waals surface area contributed by atoms with Crippen LogP contribution in [0.25, 0.3) is 0 Å². The van der Waals surface area contributed by atoms with E-state index in [0.717, 1.165) is 0 Å². The van der Waals surface area contributed by atoms with Crippen molar-refractivity contribution in [3.05, 3.63) is 24.0 Å². The zero-order valence-corrected chi connectivity index (χ0v) is 17.1. The maximum absolute atomic E-state index is 11.7. The molecule has 2 amide bonds. The molecule has 0 spiro atoms. The van der Waals surface area contributed by atoms with Gasteiger partial charge in [-0.15, -0.1) is 0 Å². The van der Waals surface area contributed by atoms with Gasteiger partial charge in [-0.25, -0.2) is 9.59 Å². The number of alkyl carbamates (subject to hydrolysis) is 1. The Hall–Kier alpha value is -3.45. The van der Waals surface area contributed by atoms with Crippen LogP contribution >= 0.6 is 0 Å². The molecular weight excluding hydrogens is 429 g/mol. The second-order valence-electron chi connectivity index (χ2n) is 6.82. The van der Waals surface area contributed by atoms with Gasteiger partial charge in [0.2, 0.25) is 6.54 Å². The summed E-state index contributed by atoms with van der Waals surface area (Å²) in [5.41, 5.74) is -0.368. The summed E-state index contributed by atoms with van der Waals surface area (Å²) in [7, 11) is 0. The number of carbonyl (C=O) groups is 4. The van der Waals surface area contributed by atoms with Crippen LogP contribution in [0.3, 0.4) is 0 Å². The van der Waals surface area contributed by atoms with Gasteiger partial charge in [-0.3, -0.25) is 4.79 Å². The molecule has 0 saturated heterocycles. The van der Waals surface area contributed by atoms with E-state index in [1.165, 1.54) is 23.1 Å². The van der Waals surface area contributed by atoms with Gasteiger partial charge in [-0.05, 0) is 32.8 Å². The van der Waals surface area contributed by atoms with Crippen LogP contribution in [-0.2, 0) is 20.9 Å². The summed E-state index contributed by atoms with van der Waals surface area (Å²) < 4.78 is 37.9. The van der Waals surface area contributed by atoms with Crippen molar-refractivity contribution in [3.63, 3.8) is 0 Å². The number of ether oxygens (including phenoxy) is 1. The monoisotopic (exact) mass is 452 g/mol. The average molecular weight is 452 g/mol. The number of halogens is 3. The van der Waals surface area contributed by atoms with Gasteiger partial charge in [0.15, 0.2) is 12.2 Å². The zero-order valence-electron chi connectivity index (χ0n) is 17.1. The number of carboxylic acid groups (broad SMARTS) is 2. The minimum Gasteiger partial charge on any atom is -0.542 e. The molecule has 1 atom stereocenters. The lowest BCUT2D eigenvalue weighted by Crippen LogP contribution is -2.53. The van der Waals surface area contributed by atoms with Gasteiger partial charge in [0.05, 0.1) is 5.56 Å².